The molecular weight excluding hydrogens is 405 g/mol. The molecule has 0 spiro atoms. The van der Waals surface area contributed by atoms with E-state index < -0.39 is 0 Å². The van der Waals surface area contributed by atoms with Crippen molar-refractivity contribution in [3.05, 3.63) is 62.4 Å². The van der Waals surface area contributed by atoms with E-state index in [1.54, 1.807) is 40.6 Å². The number of halogens is 2. The third-order valence-electron chi connectivity index (χ3n) is 3.87. The van der Waals surface area contributed by atoms with Crippen molar-refractivity contribution in [3.63, 3.8) is 0 Å². The number of nitrogens with zero attached hydrogens (tertiary/aromatic N) is 2. The van der Waals surface area contributed by atoms with Crippen molar-refractivity contribution in [1.29, 1.82) is 0 Å². The molecule has 1 amide bonds. The Morgan fingerprint density at radius 1 is 1.40 bits per heavy atom. The third kappa shape index (κ3) is 3.99. The Morgan fingerprint density at radius 3 is 2.88 bits per heavy atom. The van der Waals surface area contributed by atoms with Gasteiger partial charge in [-0.1, -0.05) is 15.9 Å². The first-order valence-electron chi connectivity index (χ1n) is 7.82. The van der Waals surface area contributed by atoms with E-state index in [1.165, 1.54) is 6.07 Å². The van der Waals surface area contributed by atoms with Crippen LogP contribution in [-0.2, 0) is 6.54 Å². The fraction of sp³-hybridized carbons (Fsp3) is 0.222. The molecule has 1 N–H and O–H groups in total. The standard InChI is InChI=1S/C18H17BrFN3OS/c1-3-23(9-13-6-14(19)4-5-15(13)20)18(24)16-7-12(8-21-16)17-10-25-11(2)22-17/h4-8,10,21H,3,9H2,1-2H3. The molecule has 7 heteroatoms. The number of carbonyl (C=O) groups is 1. The van der Waals surface area contributed by atoms with Crippen molar-refractivity contribution in [1.82, 2.24) is 14.9 Å². The number of nitrogens with one attached hydrogen (secondary N) is 1. The van der Waals surface area contributed by atoms with Crippen molar-refractivity contribution < 1.29 is 9.18 Å². The molecule has 130 valence electrons. The Hall–Kier alpha value is -1.99. The summed E-state index contributed by atoms with van der Waals surface area (Å²) < 4.78 is 14.8. The van der Waals surface area contributed by atoms with Crippen LogP contribution in [0.3, 0.4) is 0 Å². The lowest BCUT2D eigenvalue weighted by molar-refractivity contribution is 0.0746. The van der Waals surface area contributed by atoms with E-state index in [0.29, 0.717) is 17.8 Å². The molecule has 0 saturated carbocycles. The number of H-pyrrole nitrogens is 1. The maximum atomic E-state index is 14.0. The molecule has 0 fully saturated rings. The minimum Gasteiger partial charge on any atom is -0.357 e. The van der Waals surface area contributed by atoms with Crippen LogP contribution in [0, 0.1) is 12.7 Å². The smallest absolute Gasteiger partial charge is 0.270 e. The van der Waals surface area contributed by atoms with Gasteiger partial charge >= 0.3 is 0 Å². The van der Waals surface area contributed by atoms with Gasteiger partial charge in [0, 0.05) is 40.3 Å². The van der Waals surface area contributed by atoms with Crippen LogP contribution >= 0.6 is 27.3 Å². The van der Waals surface area contributed by atoms with Gasteiger partial charge in [0.05, 0.1) is 10.7 Å². The van der Waals surface area contributed by atoms with Crippen LogP contribution < -0.4 is 0 Å². The summed E-state index contributed by atoms with van der Waals surface area (Å²) in [7, 11) is 0. The van der Waals surface area contributed by atoms with Gasteiger partial charge in [-0.05, 0) is 38.1 Å². The van der Waals surface area contributed by atoms with Crippen molar-refractivity contribution >= 4 is 33.2 Å². The number of hydrogen-bond donors (Lipinski definition) is 1. The van der Waals surface area contributed by atoms with Crippen LogP contribution in [0.1, 0.15) is 28.0 Å². The Kier molecular flexibility index (Phi) is 5.34. The van der Waals surface area contributed by atoms with E-state index in [1.807, 2.05) is 19.2 Å². The molecule has 0 bridgehead atoms. The molecule has 3 rings (SSSR count). The predicted molar refractivity (Wildman–Crippen MR) is 101 cm³/mol. The van der Waals surface area contributed by atoms with E-state index in [0.717, 1.165) is 20.7 Å². The van der Waals surface area contributed by atoms with Crippen LogP contribution in [0.15, 0.2) is 40.3 Å². The number of aryl methyl sites for hydroxylation is 1. The van der Waals surface area contributed by atoms with Crippen LogP contribution in [0.5, 0.6) is 0 Å². The lowest BCUT2D eigenvalue weighted by Gasteiger charge is -2.20. The maximum Gasteiger partial charge on any atom is 0.270 e. The second-order valence-corrected chi connectivity index (χ2v) is 7.59. The number of amides is 1. The molecule has 0 saturated heterocycles. The average Bonchev–Trinajstić information content (AvgIpc) is 3.24. The van der Waals surface area contributed by atoms with E-state index in [-0.39, 0.29) is 18.3 Å². The van der Waals surface area contributed by atoms with Crippen molar-refractivity contribution in [3.8, 4) is 11.3 Å². The van der Waals surface area contributed by atoms with Gasteiger partial charge < -0.3 is 9.88 Å². The number of rotatable bonds is 5. The maximum absolute atomic E-state index is 14.0. The second-order valence-electron chi connectivity index (χ2n) is 5.61. The highest BCUT2D eigenvalue weighted by molar-refractivity contribution is 9.10. The molecule has 0 radical (unpaired) electrons. The molecule has 0 aliphatic heterocycles. The number of carbonyl (C=O) groups excluding carboxylic acids is 1. The molecule has 0 atom stereocenters. The minimum absolute atomic E-state index is 0.167. The highest BCUT2D eigenvalue weighted by atomic mass is 79.9. The highest BCUT2D eigenvalue weighted by Crippen LogP contribution is 2.23. The Balaban J connectivity index is 1.80. The van der Waals surface area contributed by atoms with E-state index in [4.69, 9.17) is 0 Å². The third-order valence-corrected chi connectivity index (χ3v) is 5.13. The first-order valence-corrected chi connectivity index (χ1v) is 9.49. The SMILES string of the molecule is CCN(Cc1cc(Br)ccc1F)C(=O)c1cc(-c2csc(C)n2)c[nH]1. The number of aromatic amines is 1. The van der Waals surface area contributed by atoms with Gasteiger partial charge in [-0.15, -0.1) is 11.3 Å². The monoisotopic (exact) mass is 421 g/mol. The molecule has 3 aromatic rings. The topological polar surface area (TPSA) is 49.0 Å². The van der Waals surface area contributed by atoms with Crippen LogP contribution in [0.2, 0.25) is 0 Å². The lowest BCUT2D eigenvalue weighted by Crippen LogP contribution is -2.30. The summed E-state index contributed by atoms with van der Waals surface area (Å²) >= 11 is 4.91. The lowest BCUT2D eigenvalue weighted by atomic mass is 10.2. The summed E-state index contributed by atoms with van der Waals surface area (Å²) in [4.78, 5) is 21.8. The molecular formula is C18H17BrFN3OS. The van der Waals surface area contributed by atoms with Gasteiger partial charge in [0.1, 0.15) is 11.5 Å². The van der Waals surface area contributed by atoms with Gasteiger partial charge in [0.25, 0.3) is 5.91 Å². The number of hydrogen-bond acceptors (Lipinski definition) is 3. The summed E-state index contributed by atoms with van der Waals surface area (Å²) in [5.74, 6) is -0.486. The largest absolute Gasteiger partial charge is 0.357 e. The summed E-state index contributed by atoms with van der Waals surface area (Å²) in [6, 6.07) is 6.53. The van der Waals surface area contributed by atoms with Gasteiger partial charge in [0.15, 0.2) is 0 Å². The van der Waals surface area contributed by atoms with E-state index >= 15 is 0 Å². The van der Waals surface area contributed by atoms with Crippen molar-refractivity contribution in [2.24, 2.45) is 0 Å². The van der Waals surface area contributed by atoms with Gasteiger partial charge in [-0.3, -0.25) is 4.79 Å². The Morgan fingerprint density at radius 2 is 2.20 bits per heavy atom. The summed E-state index contributed by atoms with van der Waals surface area (Å²) in [5.41, 5.74) is 2.67. The number of thiazole rings is 1. The summed E-state index contributed by atoms with van der Waals surface area (Å²) in [6.45, 7) is 4.51. The summed E-state index contributed by atoms with van der Waals surface area (Å²) in [5, 5.41) is 2.94. The predicted octanol–water partition coefficient (Wildman–Crippen LogP) is 5.01. The van der Waals surface area contributed by atoms with Crippen LogP contribution in [-0.4, -0.2) is 27.3 Å². The minimum atomic E-state index is -0.320. The van der Waals surface area contributed by atoms with Crippen LogP contribution in [0.25, 0.3) is 11.3 Å². The number of benzene rings is 1. The van der Waals surface area contributed by atoms with E-state index in [9.17, 15) is 9.18 Å². The normalized spacial score (nSPS) is 10.9. The molecule has 0 aliphatic carbocycles. The zero-order chi connectivity index (χ0) is 18.0. The molecule has 4 nitrogen and oxygen atoms in total. The molecule has 0 aliphatic rings. The molecule has 0 unspecified atom stereocenters. The molecule has 2 heterocycles. The van der Waals surface area contributed by atoms with E-state index in [2.05, 4.69) is 25.9 Å². The van der Waals surface area contributed by atoms with Crippen molar-refractivity contribution in [2.45, 2.75) is 20.4 Å². The molecule has 25 heavy (non-hydrogen) atoms. The second kappa shape index (κ2) is 7.49. The first-order chi connectivity index (χ1) is 12.0. The highest BCUT2D eigenvalue weighted by Gasteiger charge is 2.19. The average molecular weight is 422 g/mol. The number of aromatic nitrogens is 2. The first kappa shape index (κ1) is 17.8. The fourth-order valence-electron chi connectivity index (χ4n) is 2.53. The van der Waals surface area contributed by atoms with Gasteiger partial charge in [-0.2, -0.15) is 0 Å². The van der Waals surface area contributed by atoms with Crippen molar-refractivity contribution in [2.75, 3.05) is 6.54 Å². The quantitative estimate of drug-likeness (QED) is 0.629. The Bertz CT molecular complexity index is 905. The summed E-state index contributed by atoms with van der Waals surface area (Å²) in [6.07, 6.45) is 1.77. The van der Waals surface area contributed by atoms with Gasteiger partial charge in [-0.25, -0.2) is 9.37 Å². The van der Waals surface area contributed by atoms with Crippen LogP contribution in [0.4, 0.5) is 4.39 Å². The fourth-order valence-corrected chi connectivity index (χ4v) is 3.56. The Labute approximate surface area is 157 Å². The molecule has 1 aromatic carbocycles. The molecule has 2 aromatic heterocycles. The zero-order valence-electron chi connectivity index (χ0n) is 13.8. The zero-order valence-corrected chi connectivity index (χ0v) is 16.2. The van der Waals surface area contributed by atoms with Gasteiger partial charge in [0.2, 0.25) is 0 Å².